The van der Waals surface area contributed by atoms with Crippen molar-refractivity contribution in [1.82, 2.24) is 4.31 Å². The standard InChI is InChI=1S/C18H19NO6S/c20-8-7-19-14(9-12-5-6-15-16(10-12)25-11-24-15)18(21)13-3-1-2-4-17(13)26(19,22)23/h1-6,10,14,18,20-21H,7-9,11H2/t14-,18+/m1/s1. The summed E-state index contributed by atoms with van der Waals surface area (Å²) in [5, 5.41) is 20.2. The van der Waals surface area contributed by atoms with Crippen LogP contribution in [0.4, 0.5) is 0 Å². The highest BCUT2D eigenvalue weighted by molar-refractivity contribution is 7.89. The zero-order valence-electron chi connectivity index (χ0n) is 13.9. The Bertz CT molecular complexity index is 929. The highest BCUT2D eigenvalue weighted by Crippen LogP contribution is 2.39. The number of hydrogen-bond acceptors (Lipinski definition) is 6. The molecular formula is C18H19NO6S. The lowest BCUT2D eigenvalue weighted by atomic mass is 9.95. The van der Waals surface area contributed by atoms with Crippen molar-refractivity contribution in [2.75, 3.05) is 19.9 Å². The van der Waals surface area contributed by atoms with E-state index < -0.39 is 22.2 Å². The molecule has 0 aromatic heterocycles. The number of ether oxygens (including phenoxy) is 2. The summed E-state index contributed by atoms with van der Waals surface area (Å²) in [5.41, 5.74) is 1.20. The first kappa shape index (κ1) is 17.3. The van der Waals surface area contributed by atoms with E-state index in [0.717, 1.165) is 5.56 Å². The van der Waals surface area contributed by atoms with Crippen LogP contribution < -0.4 is 9.47 Å². The summed E-state index contributed by atoms with van der Waals surface area (Å²) < 4.78 is 37.8. The molecule has 0 amide bonds. The Morgan fingerprint density at radius 2 is 1.88 bits per heavy atom. The van der Waals surface area contributed by atoms with Gasteiger partial charge in [0.2, 0.25) is 16.8 Å². The van der Waals surface area contributed by atoms with Gasteiger partial charge in [-0.15, -0.1) is 0 Å². The van der Waals surface area contributed by atoms with Crippen LogP contribution in [0.2, 0.25) is 0 Å². The van der Waals surface area contributed by atoms with Gasteiger partial charge in [-0.1, -0.05) is 24.3 Å². The Labute approximate surface area is 151 Å². The molecule has 0 fully saturated rings. The van der Waals surface area contributed by atoms with Gasteiger partial charge in [0.05, 0.1) is 23.6 Å². The van der Waals surface area contributed by atoms with E-state index in [4.69, 9.17) is 9.47 Å². The molecule has 4 rings (SSSR count). The number of rotatable bonds is 4. The fourth-order valence-corrected chi connectivity index (χ4v) is 5.39. The SMILES string of the molecule is O=S1(=O)c2ccccc2[C@H](O)[C@@H](Cc2ccc3c(c2)OCO3)N1CCO. The van der Waals surface area contributed by atoms with E-state index in [9.17, 15) is 18.6 Å². The summed E-state index contributed by atoms with van der Waals surface area (Å²) >= 11 is 0. The highest BCUT2D eigenvalue weighted by Gasteiger charge is 2.43. The Hall–Kier alpha value is -2.13. The predicted molar refractivity (Wildman–Crippen MR) is 92.4 cm³/mol. The Morgan fingerprint density at radius 1 is 1.12 bits per heavy atom. The van der Waals surface area contributed by atoms with E-state index in [2.05, 4.69) is 0 Å². The van der Waals surface area contributed by atoms with Crippen LogP contribution in [-0.4, -0.2) is 48.9 Å². The van der Waals surface area contributed by atoms with Gasteiger partial charge in [0.25, 0.3) is 0 Å². The lowest BCUT2D eigenvalue weighted by Gasteiger charge is -2.39. The highest BCUT2D eigenvalue weighted by atomic mass is 32.2. The van der Waals surface area contributed by atoms with Gasteiger partial charge in [0, 0.05) is 12.1 Å². The van der Waals surface area contributed by atoms with Crippen molar-refractivity contribution in [3.63, 3.8) is 0 Å². The van der Waals surface area contributed by atoms with Gasteiger partial charge in [0.15, 0.2) is 11.5 Å². The monoisotopic (exact) mass is 377 g/mol. The zero-order chi connectivity index (χ0) is 18.3. The molecule has 138 valence electrons. The lowest BCUT2D eigenvalue weighted by molar-refractivity contribution is 0.0724. The smallest absolute Gasteiger partial charge is 0.243 e. The number of sulfonamides is 1. The maximum absolute atomic E-state index is 13.0. The quantitative estimate of drug-likeness (QED) is 0.827. The fourth-order valence-electron chi connectivity index (χ4n) is 3.54. The first-order chi connectivity index (χ1) is 12.5. The van der Waals surface area contributed by atoms with Gasteiger partial charge in [-0.3, -0.25) is 0 Å². The van der Waals surface area contributed by atoms with E-state index in [1.165, 1.54) is 10.4 Å². The number of nitrogens with zero attached hydrogens (tertiary/aromatic N) is 1. The second kappa shape index (κ2) is 6.55. The number of fused-ring (bicyclic) bond motifs is 2. The lowest BCUT2D eigenvalue weighted by Crippen LogP contribution is -2.50. The molecule has 7 nitrogen and oxygen atoms in total. The van der Waals surface area contributed by atoms with E-state index >= 15 is 0 Å². The molecule has 0 radical (unpaired) electrons. The van der Waals surface area contributed by atoms with Crippen molar-refractivity contribution in [3.8, 4) is 11.5 Å². The molecule has 2 aliphatic rings. The molecule has 2 aromatic rings. The maximum Gasteiger partial charge on any atom is 0.243 e. The third kappa shape index (κ3) is 2.75. The summed E-state index contributed by atoms with van der Waals surface area (Å²) in [7, 11) is -3.80. The van der Waals surface area contributed by atoms with Crippen molar-refractivity contribution in [3.05, 3.63) is 53.6 Å². The minimum Gasteiger partial charge on any atom is -0.454 e. The molecule has 2 aliphatic heterocycles. The van der Waals surface area contributed by atoms with Gasteiger partial charge >= 0.3 is 0 Å². The second-order valence-electron chi connectivity index (χ2n) is 6.28. The largest absolute Gasteiger partial charge is 0.454 e. The van der Waals surface area contributed by atoms with Gasteiger partial charge in [-0.25, -0.2) is 8.42 Å². The fraction of sp³-hybridized carbons (Fsp3) is 0.333. The van der Waals surface area contributed by atoms with Crippen LogP contribution in [0, 0.1) is 0 Å². The number of aliphatic hydroxyl groups excluding tert-OH is 2. The maximum atomic E-state index is 13.0. The molecule has 26 heavy (non-hydrogen) atoms. The molecule has 2 N–H and O–H groups in total. The van der Waals surface area contributed by atoms with Gasteiger partial charge in [-0.2, -0.15) is 4.31 Å². The first-order valence-electron chi connectivity index (χ1n) is 8.30. The van der Waals surface area contributed by atoms with E-state index in [0.29, 0.717) is 17.1 Å². The molecule has 2 aromatic carbocycles. The summed E-state index contributed by atoms with van der Waals surface area (Å²) in [6, 6.07) is 11.1. The third-order valence-corrected chi connectivity index (χ3v) is 6.76. The third-order valence-electron chi connectivity index (χ3n) is 4.76. The molecule has 8 heteroatoms. The minimum atomic E-state index is -3.80. The zero-order valence-corrected chi connectivity index (χ0v) is 14.7. The number of aliphatic hydroxyl groups is 2. The van der Waals surface area contributed by atoms with E-state index in [1.54, 1.807) is 30.3 Å². The van der Waals surface area contributed by atoms with Crippen molar-refractivity contribution < 1.29 is 28.1 Å². The Balaban J connectivity index is 1.74. The van der Waals surface area contributed by atoms with Crippen LogP contribution in [0.5, 0.6) is 11.5 Å². The molecule has 2 heterocycles. The van der Waals surface area contributed by atoms with Gasteiger partial charge in [-0.05, 0) is 30.2 Å². The molecule has 0 unspecified atom stereocenters. The molecule has 0 aliphatic carbocycles. The summed E-state index contributed by atoms with van der Waals surface area (Å²) in [6.45, 7) is -0.252. The van der Waals surface area contributed by atoms with Crippen LogP contribution in [0.1, 0.15) is 17.2 Å². The average molecular weight is 377 g/mol. The predicted octanol–water partition coefficient (Wildman–Crippen LogP) is 1.06. The van der Waals surface area contributed by atoms with Crippen LogP contribution in [0.15, 0.2) is 47.4 Å². The van der Waals surface area contributed by atoms with Gasteiger partial charge in [0.1, 0.15) is 0 Å². The van der Waals surface area contributed by atoms with Crippen molar-refractivity contribution in [2.24, 2.45) is 0 Å². The average Bonchev–Trinajstić information content (AvgIpc) is 3.11. The van der Waals surface area contributed by atoms with Crippen LogP contribution in [-0.2, 0) is 16.4 Å². The Kier molecular flexibility index (Phi) is 4.36. The van der Waals surface area contributed by atoms with Crippen LogP contribution >= 0.6 is 0 Å². The first-order valence-corrected chi connectivity index (χ1v) is 9.74. The van der Waals surface area contributed by atoms with Crippen molar-refractivity contribution in [1.29, 1.82) is 0 Å². The summed E-state index contributed by atoms with van der Waals surface area (Å²) in [4.78, 5) is 0.0860. The van der Waals surface area contributed by atoms with Crippen LogP contribution in [0.3, 0.4) is 0 Å². The molecular weight excluding hydrogens is 358 g/mol. The Morgan fingerprint density at radius 3 is 2.69 bits per heavy atom. The van der Waals surface area contributed by atoms with E-state index in [-0.39, 0.29) is 31.3 Å². The van der Waals surface area contributed by atoms with Crippen molar-refractivity contribution in [2.45, 2.75) is 23.5 Å². The van der Waals surface area contributed by atoms with Crippen molar-refractivity contribution >= 4 is 10.0 Å². The van der Waals surface area contributed by atoms with E-state index in [1.807, 2.05) is 6.07 Å². The molecule has 0 saturated carbocycles. The summed E-state index contributed by atoms with van der Waals surface area (Å²) in [6.07, 6.45) is -0.711. The normalized spacial score (nSPS) is 23.6. The molecule has 2 atom stereocenters. The molecule has 0 bridgehead atoms. The molecule has 0 saturated heterocycles. The molecule has 0 spiro atoms. The van der Waals surface area contributed by atoms with Gasteiger partial charge < -0.3 is 19.7 Å². The second-order valence-corrected chi connectivity index (χ2v) is 8.14. The summed E-state index contributed by atoms with van der Waals surface area (Å²) in [5.74, 6) is 1.24. The minimum absolute atomic E-state index is 0.0804. The number of benzene rings is 2. The number of β-amino-alcohol motifs (C(OH)–C–C–N with tert-alkyl or cyclic N) is 1. The van der Waals surface area contributed by atoms with Crippen LogP contribution in [0.25, 0.3) is 0 Å². The topological polar surface area (TPSA) is 96.3 Å². The number of hydrogen-bond donors (Lipinski definition) is 2.